The lowest BCUT2D eigenvalue weighted by molar-refractivity contribution is -0.162. The lowest BCUT2D eigenvalue weighted by Gasteiger charge is -2.28. The highest BCUT2D eigenvalue weighted by atomic mass is 16.6. The maximum absolute atomic E-state index is 12.5. The molecule has 0 N–H and O–H groups in total. The van der Waals surface area contributed by atoms with Crippen molar-refractivity contribution < 1.29 is 42.8 Å². The van der Waals surface area contributed by atoms with E-state index in [-0.39, 0.29) is 30.4 Å². The zero-order valence-corrected chi connectivity index (χ0v) is 21.5. The molecule has 200 valence electrons. The first-order valence-electron chi connectivity index (χ1n) is 12.3. The third kappa shape index (κ3) is 11.7. The molecule has 1 aromatic rings. The normalized spacial score (nSPS) is 17.6. The summed E-state index contributed by atoms with van der Waals surface area (Å²) in [5, 5.41) is 0. The number of ether oxygens (including phenoxy) is 6. The standard InChI is InChI=1S/C27H38O9/c1-5-24(28)34-19-17-32-15-14-31-16-18-33-22-10-12-23(13-11-22)35-25(29)20-6-8-21(9-7-20)26(30)36-27(2,3)4/h5,10-13,20-21H,1,6-9,14-19H2,2-4H3. The monoisotopic (exact) mass is 506 g/mol. The van der Waals surface area contributed by atoms with Crippen LogP contribution >= 0.6 is 0 Å². The number of carbonyl (C=O) groups is 3. The van der Waals surface area contributed by atoms with Gasteiger partial charge in [-0.05, 0) is 70.7 Å². The Morgan fingerprint density at radius 3 is 1.86 bits per heavy atom. The highest BCUT2D eigenvalue weighted by Crippen LogP contribution is 2.32. The quantitative estimate of drug-likeness (QED) is 0.161. The smallest absolute Gasteiger partial charge is 0.330 e. The molecule has 1 aliphatic carbocycles. The van der Waals surface area contributed by atoms with Gasteiger partial charge in [0.05, 0.1) is 38.3 Å². The van der Waals surface area contributed by atoms with Gasteiger partial charge in [-0.3, -0.25) is 9.59 Å². The molecule has 0 aromatic heterocycles. The van der Waals surface area contributed by atoms with Crippen molar-refractivity contribution in [2.75, 3.05) is 39.6 Å². The molecule has 1 saturated carbocycles. The summed E-state index contributed by atoms with van der Waals surface area (Å²) in [5.41, 5.74) is -0.504. The molecule has 1 aromatic carbocycles. The van der Waals surface area contributed by atoms with E-state index in [4.69, 9.17) is 28.4 Å². The molecule has 0 bridgehead atoms. The van der Waals surface area contributed by atoms with Crippen LogP contribution in [0.2, 0.25) is 0 Å². The van der Waals surface area contributed by atoms with Gasteiger partial charge in [0.1, 0.15) is 30.3 Å². The topological polar surface area (TPSA) is 107 Å². The number of benzene rings is 1. The van der Waals surface area contributed by atoms with Gasteiger partial charge in [0.2, 0.25) is 0 Å². The van der Waals surface area contributed by atoms with E-state index in [1.807, 2.05) is 20.8 Å². The predicted octanol–water partition coefficient (Wildman–Crippen LogP) is 3.88. The third-order valence-electron chi connectivity index (χ3n) is 5.35. The van der Waals surface area contributed by atoms with Gasteiger partial charge in [0.25, 0.3) is 0 Å². The summed E-state index contributed by atoms with van der Waals surface area (Å²) in [5.74, 6) is -0.228. The van der Waals surface area contributed by atoms with Crippen molar-refractivity contribution in [3.8, 4) is 11.5 Å². The molecule has 9 nitrogen and oxygen atoms in total. The molecule has 0 amide bonds. The Hall–Kier alpha value is -2.91. The summed E-state index contributed by atoms with van der Waals surface area (Å²) in [7, 11) is 0. The van der Waals surface area contributed by atoms with Crippen LogP contribution in [0.4, 0.5) is 0 Å². The van der Waals surface area contributed by atoms with Gasteiger partial charge in [-0.2, -0.15) is 0 Å². The van der Waals surface area contributed by atoms with Crippen molar-refractivity contribution in [3.63, 3.8) is 0 Å². The lowest BCUT2D eigenvalue weighted by atomic mass is 9.82. The summed E-state index contributed by atoms with van der Waals surface area (Å²) >= 11 is 0. The lowest BCUT2D eigenvalue weighted by Crippen LogP contribution is -2.33. The second kappa shape index (κ2) is 15.3. The van der Waals surface area contributed by atoms with Gasteiger partial charge in [0, 0.05) is 6.08 Å². The third-order valence-corrected chi connectivity index (χ3v) is 5.35. The van der Waals surface area contributed by atoms with Crippen LogP contribution in [0.1, 0.15) is 46.5 Å². The van der Waals surface area contributed by atoms with Crippen LogP contribution in [0.25, 0.3) is 0 Å². The van der Waals surface area contributed by atoms with E-state index in [0.29, 0.717) is 70.2 Å². The summed E-state index contributed by atoms with van der Waals surface area (Å²) < 4.78 is 32.1. The molecule has 9 heteroatoms. The van der Waals surface area contributed by atoms with Gasteiger partial charge in [-0.25, -0.2) is 4.79 Å². The molecule has 0 atom stereocenters. The Bertz CT molecular complexity index is 834. The number of hydrogen-bond acceptors (Lipinski definition) is 9. The largest absolute Gasteiger partial charge is 0.491 e. The Kier molecular flexibility index (Phi) is 12.4. The molecule has 1 fully saturated rings. The van der Waals surface area contributed by atoms with Crippen LogP contribution in [0, 0.1) is 11.8 Å². The van der Waals surface area contributed by atoms with Crippen LogP contribution < -0.4 is 9.47 Å². The zero-order chi connectivity index (χ0) is 26.4. The highest BCUT2D eigenvalue weighted by molar-refractivity contribution is 5.81. The first-order valence-corrected chi connectivity index (χ1v) is 12.3. The molecule has 36 heavy (non-hydrogen) atoms. The fourth-order valence-corrected chi connectivity index (χ4v) is 3.55. The Morgan fingerprint density at radius 2 is 1.31 bits per heavy atom. The molecule has 0 unspecified atom stereocenters. The van der Waals surface area contributed by atoms with Crippen LogP contribution in [0.15, 0.2) is 36.9 Å². The number of rotatable bonds is 14. The second-order valence-electron chi connectivity index (χ2n) is 9.42. The van der Waals surface area contributed by atoms with Crippen LogP contribution in [0.3, 0.4) is 0 Å². The Morgan fingerprint density at radius 1 is 0.806 bits per heavy atom. The maximum atomic E-state index is 12.5. The highest BCUT2D eigenvalue weighted by Gasteiger charge is 2.33. The summed E-state index contributed by atoms with van der Waals surface area (Å²) in [6.07, 6.45) is 3.57. The number of esters is 3. The maximum Gasteiger partial charge on any atom is 0.330 e. The average molecular weight is 507 g/mol. The van der Waals surface area contributed by atoms with E-state index in [2.05, 4.69) is 6.58 Å². The molecule has 0 heterocycles. The van der Waals surface area contributed by atoms with Gasteiger partial charge < -0.3 is 28.4 Å². The van der Waals surface area contributed by atoms with E-state index >= 15 is 0 Å². The minimum absolute atomic E-state index is 0.157. The molecule has 0 saturated heterocycles. The molecular weight excluding hydrogens is 468 g/mol. The van der Waals surface area contributed by atoms with Crippen molar-refractivity contribution >= 4 is 17.9 Å². The molecule has 2 rings (SSSR count). The molecule has 0 aliphatic heterocycles. The Labute approximate surface area is 213 Å². The van der Waals surface area contributed by atoms with Gasteiger partial charge in [-0.1, -0.05) is 6.58 Å². The summed E-state index contributed by atoms with van der Waals surface area (Å²) in [6, 6.07) is 6.84. The van der Waals surface area contributed by atoms with Crippen LogP contribution in [-0.4, -0.2) is 63.2 Å². The second-order valence-corrected chi connectivity index (χ2v) is 9.42. The van der Waals surface area contributed by atoms with Crippen molar-refractivity contribution in [1.82, 2.24) is 0 Å². The van der Waals surface area contributed by atoms with Crippen molar-refractivity contribution in [2.45, 2.75) is 52.1 Å². The van der Waals surface area contributed by atoms with Crippen molar-refractivity contribution in [1.29, 1.82) is 0 Å². The molecule has 1 aliphatic rings. The van der Waals surface area contributed by atoms with E-state index < -0.39 is 11.6 Å². The van der Waals surface area contributed by atoms with Gasteiger partial charge in [-0.15, -0.1) is 0 Å². The first-order chi connectivity index (χ1) is 17.2. The van der Waals surface area contributed by atoms with Gasteiger partial charge in [0.15, 0.2) is 0 Å². The van der Waals surface area contributed by atoms with E-state index in [1.165, 1.54) is 0 Å². The minimum Gasteiger partial charge on any atom is -0.491 e. The summed E-state index contributed by atoms with van der Waals surface area (Å²) in [6.45, 7) is 10.9. The average Bonchev–Trinajstić information content (AvgIpc) is 2.85. The fourth-order valence-electron chi connectivity index (χ4n) is 3.55. The zero-order valence-electron chi connectivity index (χ0n) is 21.5. The predicted molar refractivity (Wildman–Crippen MR) is 132 cm³/mol. The van der Waals surface area contributed by atoms with Crippen molar-refractivity contribution in [2.24, 2.45) is 11.8 Å². The van der Waals surface area contributed by atoms with E-state index in [1.54, 1.807) is 24.3 Å². The van der Waals surface area contributed by atoms with E-state index in [0.717, 1.165) is 6.08 Å². The number of hydrogen-bond donors (Lipinski definition) is 0. The van der Waals surface area contributed by atoms with Crippen LogP contribution in [-0.2, 0) is 33.3 Å². The minimum atomic E-state index is -0.504. The molecule has 0 spiro atoms. The SMILES string of the molecule is C=CC(=O)OCCOCCOCCOc1ccc(OC(=O)C2CCC(C(=O)OC(C)(C)C)CC2)cc1. The van der Waals surface area contributed by atoms with Gasteiger partial charge >= 0.3 is 17.9 Å². The summed E-state index contributed by atoms with van der Waals surface area (Å²) in [4.78, 5) is 35.6. The van der Waals surface area contributed by atoms with E-state index in [9.17, 15) is 14.4 Å². The number of carbonyl (C=O) groups excluding carboxylic acids is 3. The molecular formula is C27H38O9. The Balaban J connectivity index is 1.57. The van der Waals surface area contributed by atoms with Crippen LogP contribution in [0.5, 0.6) is 11.5 Å². The van der Waals surface area contributed by atoms with Crippen molar-refractivity contribution in [3.05, 3.63) is 36.9 Å². The first kappa shape index (κ1) is 29.3. The molecule has 0 radical (unpaired) electrons. The fraction of sp³-hybridized carbons (Fsp3) is 0.593.